The van der Waals surface area contributed by atoms with Crippen LogP contribution in [0.3, 0.4) is 0 Å². The zero-order valence-electron chi connectivity index (χ0n) is 12.1. The summed E-state index contributed by atoms with van der Waals surface area (Å²) in [4.78, 5) is 22.1. The Morgan fingerprint density at radius 1 is 1.35 bits per heavy atom. The third-order valence-electron chi connectivity index (χ3n) is 2.94. The number of ether oxygens (including phenoxy) is 1. The van der Waals surface area contributed by atoms with Crippen LogP contribution in [0.1, 0.15) is 15.9 Å². The molecule has 0 atom stereocenters. The molecule has 8 heteroatoms. The smallest absolute Gasteiger partial charge is 0.275 e. The third-order valence-corrected chi connectivity index (χ3v) is 2.94. The molecule has 8 nitrogen and oxygen atoms in total. The molecule has 2 rings (SSSR count). The summed E-state index contributed by atoms with van der Waals surface area (Å²) in [5, 5.41) is 24.0. The molecule has 0 heterocycles. The Morgan fingerprint density at radius 3 is 2.78 bits per heavy atom. The summed E-state index contributed by atoms with van der Waals surface area (Å²) in [5.41, 5.74) is 2.47. The molecule has 2 N–H and O–H groups in total. The summed E-state index contributed by atoms with van der Waals surface area (Å²) in [5.74, 6) is -0.312. The summed E-state index contributed by atoms with van der Waals surface area (Å²) < 4.78 is 5.06. The van der Waals surface area contributed by atoms with Gasteiger partial charge in [-0.1, -0.05) is 12.1 Å². The van der Waals surface area contributed by atoms with Gasteiger partial charge < -0.3 is 9.84 Å². The van der Waals surface area contributed by atoms with E-state index in [1.807, 2.05) is 0 Å². The number of hydrogen-bond acceptors (Lipinski definition) is 6. The molecule has 1 amide bonds. The summed E-state index contributed by atoms with van der Waals surface area (Å²) in [6, 6.07) is 10.1. The lowest BCUT2D eigenvalue weighted by atomic mass is 10.2. The van der Waals surface area contributed by atoms with Gasteiger partial charge in [-0.2, -0.15) is 5.10 Å². The van der Waals surface area contributed by atoms with Crippen molar-refractivity contribution in [2.24, 2.45) is 5.10 Å². The van der Waals surface area contributed by atoms with Crippen LogP contribution in [-0.2, 0) is 0 Å². The predicted octanol–water partition coefficient (Wildman–Crippen LogP) is 2.07. The summed E-state index contributed by atoms with van der Waals surface area (Å²) in [6.45, 7) is 0. The standard InChI is InChI=1S/C15H13N3O5/c1-23-14-5-3-2-4-12(14)15(20)17-16-9-10-8-11(18(21)22)6-7-13(10)19/h2-9,19H,1H3,(H,17,20)/b16-9+. The van der Waals surface area contributed by atoms with E-state index in [-0.39, 0.29) is 22.6 Å². The Kier molecular flexibility index (Phi) is 4.88. The molecule has 2 aromatic carbocycles. The molecular weight excluding hydrogens is 302 g/mol. The highest BCUT2D eigenvalue weighted by atomic mass is 16.6. The van der Waals surface area contributed by atoms with E-state index in [2.05, 4.69) is 10.5 Å². The average molecular weight is 315 g/mol. The van der Waals surface area contributed by atoms with Crippen LogP contribution >= 0.6 is 0 Å². The Morgan fingerprint density at radius 2 is 2.09 bits per heavy atom. The van der Waals surface area contributed by atoms with Crippen molar-refractivity contribution in [1.29, 1.82) is 0 Å². The fourth-order valence-electron chi connectivity index (χ4n) is 1.81. The van der Waals surface area contributed by atoms with Crippen LogP contribution in [0.15, 0.2) is 47.6 Å². The number of nitro benzene ring substituents is 1. The van der Waals surface area contributed by atoms with Crippen molar-refractivity contribution in [3.8, 4) is 11.5 Å². The number of hydrogen-bond donors (Lipinski definition) is 2. The number of methoxy groups -OCH3 is 1. The SMILES string of the molecule is COc1ccccc1C(=O)N/N=C/c1cc([N+](=O)[O-])ccc1O. The largest absolute Gasteiger partial charge is 0.507 e. The molecule has 0 unspecified atom stereocenters. The summed E-state index contributed by atoms with van der Waals surface area (Å²) >= 11 is 0. The molecule has 0 aliphatic carbocycles. The average Bonchev–Trinajstić information content (AvgIpc) is 2.56. The second-order valence-corrected chi connectivity index (χ2v) is 4.40. The van der Waals surface area contributed by atoms with Crippen molar-refractivity contribution in [3.05, 3.63) is 63.7 Å². The Hall–Kier alpha value is -3.42. The van der Waals surface area contributed by atoms with Gasteiger partial charge >= 0.3 is 0 Å². The number of aromatic hydroxyl groups is 1. The number of hydrazone groups is 1. The van der Waals surface area contributed by atoms with Gasteiger partial charge in [0.25, 0.3) is 11.6 Å². The molecule has 0 saturated carbocycles. The highest BCUT2D eigenvalue weighted by Gasteiger charge is 2.11. The van der Waals surface area contributed by atoms with Crippen molar-refractivity contribution < 1.29 is 19.6 Å². The number of carbonyl (C=O) groups is 1. The summed E-state index contributed by atoms with van der Waals surface area (Å²) in [6.07, 6.45) is 1.12. The van der Waals surface area contributed by atoms with Gasteiger partial charge in [-0.3, -0.25) is 14.9 Å². The second kappa shape index (κ2) is 7.03. The molecule has 0 aliphatic heterocycles. The molecule has 0 aliphatic rings. The van der Waals surface area contributed by atoms with Crippen LogP contribution in [0.2, 0.25) is 0 Å². The van der Waals surface area contributed by atoms with Gasteiger partial charge in [0.05, 0.1) is 23.8 Å². The molecule has 0 radical (unpaired) electrons. The maximum absolute atomic E-state index is 12.0. The van der Waals surface area contributed by atoms with Gasteiger partial charge in [-0.25, -0.2) is 5.43 Å². The number of nitrogens with zero attached hydrogens (tertiary/aromatic N) is 2. The molecule has 0 bridgehead atoms. The van der Waals surface area contributed by atoms with Crippen molar-refractivity contribution in [2.75, 3.05) is 7.11 Å². The highest BCUT2D eigenvalue weighted by molar-refractivity contribution is 5.97. The fraction of sp³-hybridized carbons (Fsp3) is 0.0667. The van der Waals surface area contributed by atoms with Crippen molar-refractivity contribution in [3.63, 3.8) is 0 Å². The number of phenolic OH excluding ortho intramolecular Hbond substituents is 1. The monoisotopic (exact) mass is 315 g/mol. The van der Waals surface area contributed by atoms with E-state index in [4.69, 9.17) is 4.74 Å². The minimum absolute atomic E-state index is 0.111. The van der Waals surface area contributed by atoms with Gasteiger partial charge in [-0.15, -0.1) is 0 Å². The molecule has 0 saturated heterocycles. The first-order chi connectivity index (χ1) is 11.0. The fourth-order valence-corrected chi connectivity index (χ4v) is 1.81. The van der Waals surface area contributed by atoms with Crippen LogP contribution in [-0.4, -0.2) is 29.3 Å². The molecule has 0 spiro atoms. The van der Waals surface area contributed by atoms with E-state index in [1.165, 1.54) is 19.2 Å². The number of phenols is 1. The van der Waals surface area contributed by atoms with E-state index in [1.54, 1.807) is 24.3 Å². The predicted molar refractivity (Wildman–Crippen MR) is 82.8 cm³/mol. The number of para-hydroxylation sites is 1. The van der Waals surface area contributed by atoms with Crippen LogP contribution in [0.4, 0.5) is 5.69 Å². The van der Waals surface area contributed by atoms with E-state index >= 15 is 0 Å². The maximum Gasteiger partial charge on any atom is 0.275 e. The maximum atomic E-state index is 12.0. The number of nitro groups is 1. The zero-order chi connectivity index (χ0) is 16.8. The molecule has 118 valence electrons. The van der Waals surface area contributed by atoms with E-state index < -0.39 is 10.8 Å². The molecule has 0 aromatic heterocycles. The van der Waals surface area contributed by atoms with Crippen LogP contribution in [0.25, 0.3) is 0 Å². The van der Waals surface area contributed by atoms with Gasteiger partial charge in [0.15, 0.2) is 0 Å². The number of carbonyl (C=O) groups excluding carboxylic acids is 1. The summed E-state index contributed by atoms with van der Waals surface area (Å²) in [7, 11) is 1.44. The zero-order valence-corrected chi connectivity index (χ0v) is 12.1. The molecule has 0 fully saturated rings. The minimum atomic E-state index is -0.593. The number of non-ortho nitro benzene ring substituents is 1. The van der Waals surface area contributed by atoms with E-state index in [0.717, 1.165) is 12.3 Å². The number of nitrogens with one attached hydrogen (secondary N) is 1. The Labute approximate surface area is 131 Å². The van der Waals surface area contributed by atoms with Crippen LogP contribution in [0, 0.1) is 10.1 Å². The first-order valence-corrected chi connectivity index (χ1v) is 6.46. The number of amides is 1. The Bertz CT molecular complexity index is 773. The third kappa shape index (κ3) is 3.82. The number of rotatable bonds is 5. The molecular formula is C15H13N3O5. The second-order valence-electron chi connectivity index (χ2n) is 4.40. The van der Waals surface area contributed by atoms with Crippen LogP contribution < -0.4 is 10.2 Å². The normalized spacial score (nSPS) is 10.5. The first kappa shape index (κ1) is 16.0. The quantitative estimate of drug-likeness (QED) is 0.498. The van der Waals surface area contributed by atoms with Crippen molar-refractivity contribution in [2.45, 2.75) is 0 Å². The lowest BCUT2D eigenvalue weighted by Crippen LogP contribution is -2.18. The lowest BCUT2D eigenvalue weighted by Gasteiger charge is -2.06. The first-order valence-electron chi connectivity index (χ1n) is 6.46. The molecule has 2 aromatic rings. The van der Waals surface area contributed by atoms with Gasteiger partial charge in [0.1, 0.15) is 11.5 Å². The minimum Gasteiger partial charge on any atom is -0.507 e. The Balaban J connectivity index is 2.14. The van der Waals surface area contributed by atoms with Crippen molar-refractivity contribution >= 4 is 17.8 Å². The highest BCUT2D eigenvalue weighted by Crippen LogP contribution is 2.21. The molecule has 23 heavy (non-hydrogen) atoms. The number of benzene rings is 2. The lowest BCUT2D eigenvalue weighted by molar-refractivity contribution is -0.384. The van der Waals surface area contributed by atoms with Gasteiger partial charge in [-0.05, 0) is 18.2 Å². The van der Waals surface area contributed by atoms with E-state index in [0.29, 0.717) is 5.75 Å². The van der Waals surface area contributed by atoms with Gasteiger partial charge in [0, 0.05) is 17.7 Å². The van der Waals surface area contributed by atoms with Crippen LogP contribution in [0.5, 0.6) is 11.5 Å². The van der Waals surface area contributed by atoms with E-state index in [9.17, 15) is 20.0 Å². The van der Waals surface area contributed by atoms with Crippen molar-refractivity contribution in [1.82, 2.24) is 5.43 Å². The van der Waals surface area contributed by atoms with Gasteiger partial charge in [0.2, 0.25) is 0 Å². The topological polar surface area (TPSA) is 114 Å².